The standard InChI is InChI=1S/C20H40P2/c1-3-7-11-15-19(16-12-8-4-1)21-22-20-17-13-9-5-2-6-10-14-18-20/h19-22H,1-18H2/p+1. The van der Waals surface area contributed by atoms with Crippen LogP contribution in [0, 0.1) is 0 Å². The van der Waals surface area contributed by atoms with E-state index in [1.54, 1.807) is 51.4 Å². The lowest BCUT2D eigenvalue weighted by molar-refractivity contribution is 0.508. The third-order valence-electron chi connectivity index (χ3n) is 5.82. The zero-order valence-corrected chi connectivity index (χ0v) is 17.1. The van der Waals surface area contributed by atoms with E-state index in [9.17, 15) is 0 Å². The molecule has 0 aromatic carbocycles. The Morgan fingerprint density at radius 2 is 0.818 bits per heavy atom. The highest BCUT2D eigenvalue weighted by Gasteiger charge is 2.19. The molecule has 0 nitrogen and oxygen atoms in total. The van der Waals surface area contributed by atoms with Gasteiger partial charge >= 0.3 is 0 Å². The maximum absolute atomic E-state index is 1.59. The minimum atomic E-state index is 0.778. The molecule has 2 fully saturated rings. The summed E-state index contributed by atoms with van der Waals surface area (Å²) in [6.07, 6.45) is 27.8. The second kappa shape index (κ2) is 13.2. The van der Waals surface area contributed by atoms with Crippen molar-refractivity contribution in [2.24, 2.45) is 0 Å². The summed E-state index contributed by atoms with van der Waals surface area (Å²) < 4.78 is 0. The van der Waals surface area contributed by atoms with Crippen molar-refractivity contribution in [3.63, 3.8) is 0 Å². The van der Waals surface area contributed by atoms with Gasteiger partial charge in [-0.2, -0.15) is 0 Å². The lowest BCUT2D eigenvalue weighted by atomic mass is 10.0. The lowest BCUT2D eigenvalue weighted by Crippen LogP contribution is -2.05. The molecule has 130 valence electrons. The fourth-order valence-electron chi connectivity index (χ4n) is 4.26. The zero-order valence-electron chi connectivity index (χ0n) is 15.0. The third-order valence-corrected chi connectivity index (χ3v) is 11.6. The Balaban J connectivity index is 1.67. The molecule has 0 N–H and O–H groups in total. The maximum atomic E-state index is 1.59. The molecule has 2 aliphatic carbocycles. The van der Waals surface area contributed by atoms with Crippen molar-refractivity contribution in [1.82, 2.24) is 0 Å². The van der Waals surface area contributed by atoms with Crippen molar-refractivity contribution in [3.8, 4) is 0 Å². The van der Waals surface area contributed by atoms with Gasteiger partial charge in [0.05, 0.1) is 5.66 Å². The first kappa shape index (κ1) is 19.2. The highest BCUT2D eigenvalue weighted by atomic mass is 32.0. The molecular weight excluding hydrogens is 302 g/mol. The Morgan fingerprint density at radius 3 is 1.27 bits per heavy atom. The van der Waals surface area contributed by atoms with Gasteiger partial charge in [0.2, 0.25) is 0 Å². The van der Waals surface area contributed by atoms with E-state index in [0.29, 0.717) is 0 Å². The van der Waals surface area contributed by atoms with Crippen LogP contribution in [0.1, 0.15) is 116 Å². The number of rotatable bonds is 3. The lowest BCUT2D eigenvalue weighted by Gasteiger charge is -2.19. The molecule has 2 atom stereocenters. The molecule has 0 heterocycles. The maximum Gasteiger partial charge on any atom is 0.0672 e. The first-order chi connectivity index (χ1) is 10.9. The van der Waals surface area contributed by atoms with Crippen LogP contribution in [-0.4, -0.2) is 11.3 Å². The van der Waals surface area contributed by atoms with Gasteiger partial charge in [-0.1, -0.05) is 77.0 Å². The molecular formula is C20H41P2+. The fraction of sp³-hybridized carbons (Fsp3) is 1.00. The molecule has 0 spiro atoms. The van der Waals surface area contributed by atoms with Gasteiger partial charge in [0.25, 0.3) is 0 Å². The molecule has 2 aliphatic rings. The van der Waals surface area contributed by atoms with Crippen LogP contribution in [-0.2, 0) is 0 Å². The summed E-state index contributed by atoms with van der Waals surface area (Å²) in [5.74, 6) is 0. The molecule has 2 saturated carbocycles. The van der Waals surface area contributed by atoms with Crippen molar-refractivity contribution in [3.05, 3.63) is 0 Å². The Labute approximate surface area is 143 Å². The predicted octanol–water partition coefficient (Wildman–Crippen LogP) is 7.78. The summed E-state index contributed by atoms with van der Waals surface area (Å²) in [7, 11) is 2.15. The largest absolute Gasteiger partial charge is 0.0672 e. The summed E-state index contributed by atoms with van der Waals surface area (Å²) >= 11 is 0. The molecule has 2 rings (SSSR count). The second-order valence-corrected chi connectivity index (χ2v) is 12.3. The first-order valence-electron chi connectivity index (χ1n) is 10.5. The van der Waals surface area contributed by atoms with E-state index in [0.717, 1.165) is 13.9 Å². The zero-order chi connectivity index (χ0) is 15.3. The monoisotopic (exact) mass is 343 g/mol. The minimum Gasteiger partial charge on any atom is -0.0533 e. The Hall–Kier alpha value is 0.860. The van der Waals surface area contributed by atoms with Crippen molar-refractivity contribution >= 4 is 16.5 Å². The third kappa shape index (κ3) is 9.23. The van der Waals surface area contributed by atoms with Crippen molar-refractivity contribution in [2.75, 3.05) is 0 Å². The van der Waals surface area contributed by atoms with Gasteiger partial charge in [0, 0.05) is 22.2 Å². The summed E-state index contributed by atoms with van der Waals surface area (Å²) in [4.78, 5) is 0. The van der Waals surface area contributed by atoms with E-state index in [-0.39, 0.29) is 0 Å². The number of hydrogen-bond acceptors (Lipinski definition) is 0. The highest BCUT2D eigenvalue weighted by molar-refractivity contribution is 8.12. The van der Waals surface area contributed by atoms with Gasteiger partial charge < -0.3 is 0 Å². The van der Waals surface area contributed by atoms with E-state index in [1.807, 2.05) is 0 Å². The van der Waals surface area contributed by atoms with Crippen LogP contribution in [0.15, 0.2) is 0 Å². The molecule has 0 saturated heterocycles. The van der Waals surface area contributed by atoms with E-state index in [4.69, 9.17) is 0 Å². The van der Waals surface area contributed by atoms with Crippen LogP contribution in [0.4, 0.5) is 0 Å². The summed E-state index contributed by atoms with van der Waals surface area (Å²) in [6.45, 7) is 0. The normalized spacial score (nSPS) is 26.7. The molecule has 0 radical (unpaired) electrons. The van der Waals surface area contributed by atoms with Gasteiger partial charge in [-0.25, -0.2) is 0 Å². The Morgan fingerprint density at radius 1 is 0.455 bits per heavy atom. The molecule has 0 bridgehead atoms. The van der Waals surface area contributed by atoms with Crippen LogP contribution >= 0.6 is 16.5 Å². The van der Waals surface area contributed by atoms with Crippen LogP contribution in [0.25, 0.3) is 0 Å². The summed E-state index contributed by atoms with van der Waals surface area (Å²) in [6, 6.07) is 0. The quantitative estimate of drug-likeness (QED) is 0.459. The molecule has 0 aliphatic heterocycles. The van der Waals surface area contributed by atoms with Crippen LogP contribution in [0.3, 0.4) is 0 Å². The smallest absolute Gasteiger partial charge is 0.0533 e. The molecule has 22 heavy (non-hydrogen) atoms. The van der Waals surface area contributed by atoms with Gasteiger partial charge in [0.1, 0.15) is 0 Å². The van der Waals surface area contributed by atoms with E-state index in [1.165, 1.54) is 78.1 Å². The van der Waals surface area contributed by atoms with Crippen molar-refractivity contribution in [2.45, 2.75) is 127 Å². The fourth-order valence-corrected chi connectivity index (χ4v) is 9.98. The number of hydrogen-bond donors (Lipinski definition) is 0. The van der Waals surface area contributed by atoms with E-state index in [2.05, 4.69) is 0 Å². The Kier molecular flexibility index (Phi) is 11.5. The van der Waals surface area contributed by atoms with Crippen LogP contribution in [0.2, 0.25) is 0 Å². The molecule has 0 aromatic heterocycles. The second-order valence-electron chi connectivity index (χ2n) is 7.89. The average molecular weight is 343 g/mol. The van der Waals surface area contributed by atoms with Crippen molar-refractivity contribution in [1.29, 1.82) is 0 Å². The Bertz CT molecular complexity index is 208. The molecule has 0 amide bonds. The SMILES string of the molecule is C1CCCCC(P[PH2+]C2CCCCCCCCC2)CCCC1. The van der Waals surface area contributed by atoms with Crippen LogP contribution in [0.5, 0.6) is 0 Å². The first-order valence-corrected chi connectivity index (χ1v) is 14.1. The molecule has 2 unspecified atom stereocenters. The van der Waals surface area contributed by atoms with E-state index < -0.39 is 0 Å². The molecule has 0 aromatic rings. The van der Waals surface area contributed by atoms with Crippen LogP contribution < -0.4 is 0 Å². The van der Waals surface area contributed by atoms with Gasteiger partial charge in [0.15, 0.2) is 0 Å². The topological polar surface area (TPSA) is 0 Å². The van der Waals surface area contributed by atoms with Gasteiger partial charge in [-0.15, -0.1) is 0 Å². The summed E-state index contributed by atoms with van der Waals surface area (Å²) in [5, 5.41) is 0. The van der Waals surface area contributed by atoms with Gasteiger partial charge in [-0.05, 0) is 38.5 Å². The molecule has 2 heteroatoms. The van der Waals surface area contributed by atoms with Crippen molar-refractivity contribution < 1.29 is 0 Å². The average Bonchev–Trinajstić information content (AvgIpc) is 2.56. The highest BCUT2D eigenvalue weighted by Crippen LogP contribution is 2.50. The summed E-state index contributed by atoms with van der Waals surface area (Å²) in [5.41, 5.74) is 2.32. The predicted molar refractivity (Wildman–Crippen MR) is 109 cm³/mol. The van der Waals surface area contributed by atoms with E-state index >= 15 is 0 Å². The minimum absolute atomic E-state index is 0.778. The van der Waals surface area contributed by atoms with Gasteiger partial charge in [-0.3, -0.25) is 0 Å².